The van der Waals surface area contributed by atoms with Crippen LogP contribution in [0.25, 0.3) is 0 Å². The van der Waals surface area contributed by atoms with Crippen LogP contribution in [0.15, 0.2) is 5.38 Å². The number of ether oxygens (including phenoxy) is 2. The van der Waals surface area contributed by atoms with Gasteiger partial charge in [0.25, 0.3) is 0 Å². The summed E-state index contributed by atoms with van der Waals surface area (Å²) in [7, 11) is 0. The molecule has 1 amide bonds. The number of piperidine rings is 1. The SMILES string of the molecule is CC(C)(C)c1csc(CCC(=O)N2CCC3(CC2)OCCO3)n1. The molecule has 0 radical (unpaired) electrons. The van der Waals surface area contributed by atoms with Crippen molar-refractivity contribution >= 4 is 17.2 Å². The number of likely N-dealkylation sites (tertiary alicyclic amines) is 1. The van der Waals surface area contributed by atoms with Crippen molar-refractivity contribution in [3.05, 3.63) is 16.1 Å². The molecule has 3 heterocycles. The summed E-state index contributed by atoms with van der Waals surface area (Å²) in [6.45, 7) is 9.28. The Balaban J connectivity index is 1.47. The molecule has 23 heavy (non-hydrogen) atoms. The molecule has 6 heteroatoms. The average Bonchev–Trinajstić information content (AvgIpc) is 3.15. The predicted octanol–water partition coefficient (Wildman–Crippen LogP) is 2.74. The standard InChI is InChI=1S/C17H26N2O3S/c1-16(2,3)13-12-23-14(18-13)4-5-15(20)19-8-6-17(7-9-19)21-10-11-22-17/h12H,4-11H2,1-3H3. The van der Waals surface area contributed by atoms with Gasteiger partial charge in [0, 0.05) is 49.6 Å². The molecule has 0 aromatic carbocycles. The highest BCUT2D eigenvalue weighted by Gasteiger charge is 2.40. The fourth-order valence-corrected chi connectivity index (χ4v) is 4.05. The summed E-state index contributed by atoms with van der Waals surface area (Å²) >= 11 is 1.66. The maximum absolute atomic E-state index is 12.4. The Bertz CT molecular complexity index is 548. The van der Waals surface area contributed by atoms with Crippen LogP contribution < -0.4 is 0 Å². The van der Waals surface area contributed by atoms with E-state index in [9.17, 15) is 4.79 Å². The number of hydrogen-bond acceptors (Lipinski definition) is 5. The Kier molecular flexibility index (Phi) is 4.76. The summed E-state index contributed by atoms with van der Waals surface area (Å²) in [6.07, 6.45) is 2.83. The van der Waals surface area contributed by atoms with Gasteiger partial charge in [0.05, 0.1) is 23.9 Å². The molecule has 2 fully saturated rings. The zero-order valence-corrected chi connectivity index (χ0v) is 15.1. The number of nitrogens with zero attached hydrogens (tertiary/aromatic N) is 2. The fraction of sp³-hybridized carbons (Fsp3) is 0.765. The molecule has 1 aromatic rings. The number of rotatable bonds is 3. The van der Waals surface area contributed by atoms with Gasteiger partial charge < -0.3 is 14.4 Å². The molecule has 0 bridgehead atoms. The largest absolute Gasteiger partial charge is 0.347 e. The Morgan fingerprint density at radius 1 is 1.30 bits per heavy atom. The van der Waals surface area contributed by atoms with Crippen molar-refractivity contribution in [3.8, 4) is 0 Å². The second-order valence-corrected chi connectivity index (χ2v) is 8.31. The van der Waals surface area contributed by atoms with E-state index in [1.807, 2.05) is 4.90 Å². The molecule has 1 spiro atoms. The Hall–Kier alpha value is -0.980. The maximum Gasteiger partial charge on any atom is 0.222 e. The minimum absolute atomic E-state index is 0.0707. The van der Waals surface area contributed by atoms with Crippen LogP contribution in [0.2, 0.25) is 0 Å². The van der Waals surface area contributed by atoms with Crippen LogP contribution in [-0.4, -0.2) is 47.9 Å². The number of thiazole rings is 1. The topological polar surface area (TPSA) is 51.7 Å². The summed E-state index contributed by atoms with van der Waals surface area (Å²) in [6, 6.07) is 0. The lowest BCUT2D eigenvalue weighted by molar-refractivity contribution is -0.187. The molecule has 1 aromatic heterocycles. The van der Waals surface area contributed by atoms with Gasteiger partial charge in [-0.05, 0) is 0 Å². The molecule has 2 aliphatic rings. The van der Waals surface area contributed by atoms with Gasteiger partial charge in [0.1, 0.15) is 0 Å². The molecule has 0 unspecified atom stereocenters. The first kappa shape index (κ1) is 16.9. The van der Waals surface area contributed by atoms with E-state index in [2.05, 4.69) is 31.1 Å². The number of hydrogen-bond donors (Lipinski definition) is 0. The van der Waals surface area contributed by atoms with E-state index in [0.29, 0.717) is 19.6 Å². The maximum atomic E-state index is 12.4. The van der Waals surface area contributed by atoms with Gasteiger partial charge in [-0.25, -0.2) is 4.98 Å². The minimum atomic E-state index is -0.409. The van der Waals surface area contributed by atoms with E-state index in [1.54, 1.807) is 11.3 Å². The van der Waals surface area contributed by atoms with Crippen LogP contribution in [0, 0.1) is 0 Å². The average molecular weight is 338 g/mol. The van der Waals surface area contributed by atoms with E-state index in [1.165, 1.54) is 0 Å². The zero-order valence-electron chi connectivity index (χ0n) is 14.3. The van der Waals surface area contributed by atoms with Crippen LogP contribution >= 0.6 is 11.3 Å². The van der Waals surface area contributed by atoms with Crippen LogP contribution in [0.5, 0.6) is 0 Å². The first-order valence-corrected chi connectivity index (χ1v) is 9.27. The Morgan fingerprint density at radius 3 is 2.52 bits per heavy atom. The molecule has 0 saturated carbocycles. The molecule has 0 N–H and O–H groups in total. The van der Waals surface area contributed by atoms with Crippen LogP contribution in [0.1, 0.15) is 50.7 Å². The van der Waals surface area contributed by atoms with Crippen LogP contribution in [-0.2, 0) is 26.1 Å². The van der Waals surface area contributed by atoms with Gasteiger partial charge in [0.2, 0.25) is 5.91 Å². The van der Waals surface area contributed by atoms with Crippen molar-refractivity contribution in [1.29, 1.82) is 0 Å². The van der Waals surface area contributed by atoms with E-state index in [4.69, 9.17) is 9.47 Å². The van der Waals surface area contributed by atoms with Crippen molar-refractivity contribution < 1.29 is 14.3 Å². The Labute approximate surface area is 142 Å². The second-order valence-electron chi connectivity index (χ2n) is 7.36. The van der Waals surface area contributed by atoms with Crippen molar-refractivity contribution in [3.63, 3.8) is 0 Å². The highest BCUT2D eigenvalue weighted by Crippen LogP contribution is 2.31. The third kappa shape index (κ3) is 3.92. The summed E-state index contributed by atoms with van der Waals surface area (Å²) in [5, 5.41) is 3.17. The monoisotopic (exact) mass is 338 g/mol. The number of carbonyl (C=O) groups excluding carboxylic acids is 1. The number of carbonyl (C=O) groups is 1. The summed E-state index contributed by atoms with van der Waals surface area (Å²) in [5.74, 6) is -0.196. The summed E-state index contributed by atoms with van der Waals surface area (Å²) in [4.78, 5) is 19.0. The van der Waals surface area contributed by atoms with E-state index < -0.39 is 5.79 Å². The van der Waals surface area contributed by atoms with E-state index >= 15 is 0 Å². The van der Waals surface area contributed by atoms with E-state index in [0.717, 1.165) is 43.1 Å². The lowest BCUT2D eigenvalue weighted by Crippen LogP contribution is -2.47. The molecule has 0 atom stereocenters. The van der Waals surface area contributed by atoms with Crippen LogP contribution in [0.4, 0.5) is 0 Å². The molecule has 5 nitrogen and oxygen atoms in total. The molecular weight excluding hydrogens is 312 g/mol. The molecular formula is C17H26N2O3S. The molecule has 2 saturated heterocycles. The third-order valence-corrected chi connectivity index (χ3v) is 5.47. The lowest BCUT2D eigenvalue weighted by atomic mass is 9.93. The zero-order chi connectivity index (χ0) is 16.5. The van der Waals surface area contributed by atoms with Crippen LogP contribution in [0.3, 0.4) is 0 Å². The first-order valence-electron chi connectivity index (χ1n) is 8.39. The molecule has 2 aliphatic heterocycles. The second kappa shape index (κ2) is 6.49. The lowest BCUT2D eigenvalue weighted by Gasteiger charge is -2.37. The summed E-state index contributed by atoms with van der Waals surface area (Å²) < 4.78 is 11.4. The fourth-order valence-electron chi connectivity index (χ4n) is 3.02. The van der Waals surface area contributed by atoms with Crippen molar-refractivity contribution in [2.75, 3.05) is 26.3 Å². The quantitative estimate of drug-likeness (QED) is 0.850. The molecule has 0 aliphatic carbocycles. The van der Waals surface area contributed by atoms with Gasteiger partial charge in [-0.2, -0.15) is 0 Å². The number of aryl methyl sites for hydroxylation is 1. The van der Waals surface area contributed by atoms with Crippen molar-refractivity contribution in [2.45, 2.75) is 57.7 Å². The highest BCUT2D eigenvalue weighted by atomic mass is 32.1. The highest BCUT2D eigenvalue weighted by molar-refractivity contribution is 7.09. The molecule has 128 valence electrons. The molecule has 3 rings (SSSR count). The van der Waals surface area contributed by atoms with Gasteiger partial charge in [-0.3, -0.25) is 4.79 Å². The third-order valence-electron chi connectivity index (χ3n) is 4.56. The van der Waals surface area contributed by atoms with Crippen molar-refractivity contribution in [2.24, 2.45) is 0 Å². The normalized spacial score (nSPS) is 21.1. The van der Waals surface area contributed by atoms with E-state index in [-0.39, 0.29) is 11.3 Å². The number of aromatic nitrogens is 1. The summed E-state index contributed by atoms with van der Waals surface area (Å²) in [5.41, 5.74) is 1.18. The van der Waals surface area contributed by atoms with Gasteiger partial charge in [-0.15, -0.1) is 11.3 Å². The van der Waals surface area contributed by atoms with Gasteiger partial charge in [0.15, 0.2) is 5.79 Å². The number of amides is 1. The Morgan fingerprint density at radius 2 is 1.96 bits per heavy atom. The van der Waals surface area contributed by atoms with Crippen molar-refractivity contribution in [1.82, 2.24) is 9.88 Å². The smallest absolute Gasteiger partial charge is 0.222 e. The van der Waals surface area contributed by atoms with Gasteiger partial charge >= 0.3 is 0 Å². The first-order chi connectivity index (χ1) is 10.9. The van der Waals surface area contributed by atoms with Gasteiger partial charge in [-0.1, -0.05) is 20.8 Å². The predicted molar refractivity (Wildman–Crippen MR) is 89.6 cm³/mol. The minimum Gasteiger partial charge on any atom is -0.347 e.